The molecule has 1 fully saturated rings. The van der Waals surface area contributed by atoms with E-state index in [2.05, 4.69) is 51.8 Å². The van der Waals surface area contributed by atoms with Gasteiger partial charge in [-0.2, -0.15) is 0 Å². The molecule has 0 aromatic carbocycles. The van der Waals surface area contributed by atoms with E-state index in [1.54, 1.807) is 0 Å². The van der Waals surface area contributed by atoms with Crippen LogP contribution >= 0.6 is 0 Å². The van der Waals surface area contributed by atoms with Crippen molar-refractivity contribution in [3.05, 3.63) is 0 Å². The minimum atomic E-state index is 0.428. The minimum absolute atomic E-state index is 0.428. The molecule has 0 radical (unpaired) electrons. The molecule has 1 saturated heterocycles. The zero-order chi connectivity index (χ0) is 14.5. The van der Waals surface area contributed by atoms with Gasteiger partial charge in [0.15, 0.2) is 0 Å². The van der Waals surface area contributed by atoms with Gasteiger partial charge in [0.1, 0.15) is 0 Å². The maximum atomic E-state index is 3.58. The van der Waals surface area contributed by atoms with Gasteiger partial charge >= 0.3 is 0 Å². The average Bonchev–Trinajstić information content (AvgIpc) is 2.27. The smallest absolute Gasteiger partial charge is 0.00360 e. The third kappa shape index (κ3) is 6.27. The second kappa shape index (κ2) is 7.64. The normalized spacial score (nSPS) is 21.6. The Morgan fingerprint density at radius 3 is 2.11 bits per heavy atom. The quantitative estimate of drug-likeness (QED) is 0.758. The van der Waals surface area contributed by atoms with Crippen LogP contribution < -0.4 is 5.32 Å². The Morgan fingerprint density at radius 2 is 1.68 bits per heavy atom. The Balaban J connectivity index is 2.58. The van der Waals surface area contributed by atoms with Crippen LogP contribution in [0.2, 0.25) is 0 Å². The van der Waals surface area contributed by atoms with Crippen LogP contribution in [-0.2, 0) is 0 Å². The summed E-state index contributed by atoms with van der Waals surface area (Å²) >= 11 is 0. The van der Waals surface area contributed by atoms with E-state index in [0.717, 1.165) is 17.8 Å². The van der Waals surface area contributed by atoms with Gasteiger partial charge in [0, 0.05) is 19.6 Å². The summed E-state index contributed by atoms with van der Waals surface area (Å²) in [6.45, 7) is 20.4. The van der Waals surface area contributed by atoms with Crippen LogP contribution in [0.4, 0.5) is 0 Å². The Labute approximate surface area is 121 Å². The zero-order valence-electron chi connectivity index (χ0n) is 14.1. The number of hydrogen-bond donors (Lipinski definition) is 1. The van der Waals surface area contributed by atoms with Crippen LogP contribution in [0.25, 0.3) is 0 Å². The highest BCUT2D eigenvalue weighted by Gasteiger charge is 2.32. The summed E-state index contributed by atoms with van der Waals surface area (Å²) in [7, 11) is 0. The lowest BCUT2D eigenvalue weighted by atomic mass is 9.74. The van der Waals surface area contributed by atoms with Crippen molar-refractivity contribution in [2.45, 2.75) is 54.4 Å². The first kappa shape index (κ1) is 17.0. The van der Waals surface area contributed by atoms with E-state index in [9.17, 15) is 0 Å². The van der Waals surface area contributed by atoms with Crippen molar-refractivity contribution in [2.75, 3.05) is 32.7 Å². The van der Waals surface area contributed by atoms with Gasteiger partial charge < -0.3 is 10.2 Å². The van der Waals surface area contributed by atoms with Gasteiger partial charge in [-0.25, -0.2) is 0 Å². The van der Waals surface area contributed by atoms with Crippen molar-refractivity contribution in [2.24, 2.45) is 23.2 Å². The lowest BCUT2D eigenvalue weighted by Gasteiger charge is -2.41. The van der Waals surface area contributed by atoms with Gasteiger partial charge in [-0.1, -0.05) is 41.5 Å². The van der Waals surface area contributed by atoms with Gasteiger partial charge in [-0.05, 0) is 49.1 Å². The summed E-state index contributed by atoms with van der Waals surface area (Å²) in [5.74, 6) is 2.36. The molecule has 1 atom stereocenters. The monoisotopic (exact) mass is 268 g/mol. The molecular weight excluding hydrogens is 232 g/mol. The maximum absolute atomic E-state index is 3.58. The van der Waals surface area contributed by atoms with E-state index in [-0.39, 0.29) is 0 Å². The van der Waals surface area contributed by atoms with E-state index in [0.29, 0.717) is 5.41 Å². The Hall–Kier alpha value is -0.0800. The fourth-order valence-corrected chi connectivity index (χ4v) is 3.46. The van der Waals surface area contributed by atoms with E-state index in [1.807, 2.05) is 0 Å². The van der Waals surface area contributed by atoms with Crippen molar-refractivity contribution < 1.29 is 0 Å². The summed E-state index contributed by atoms with van der Waals surface area (Å²) in [5, 5.41) is 3.58. The fourth-order valence-electron chi connectivity index (χ4n) is 3.46. The highest BCUT2D eigenvalue weighted by molar-refractivity contribution is 4.86. The number of piperidine rings is 1. The molecule has 0 spiro atoms. The average molecular weight is 268 g/mol. The molecule has 1 N–H and O–H groups in total. The highest BCUT2D eigenvalue weighted by atomic mass is 15.1. The van der Waals surface area contributed by atoms with Crippen molar-refractivity contribution in [1.82, 2.24) is 10.2 Å². The predicted octanol–water partition coefficient (Wildman–Crippen LogP) is 3.63. The van der Waals surface area contributed by atoms with Crippen LogP contribution in [0, 0.1) is 23.2 Å². The molecule has 1 aliphatic rings. The molecule has 1 aliphatic heterocycles. The van der Waals surface area contributed by atoms with Gasteiger partial charge in [0.25, 0.3) is 0 Å². The SMILES string of the molecule is CC(C)CN(CC(C)C)CC(C)(C)C1CCCNC1. The first-order chi connectivity index (χ1) is 8.81. The van der Waals surface area contributed by atoms with Crippen molar-refractivity contribution in [1.29, 1.82) is 0 Å². The summed E-state index contributed by atoms with van der Waals surface area (Å²) in [4.78, 5) is 2.70. The highest BCUT2D eigenvalue weighted by Crippen LogP contribution is 2.33. The first-order valence-corrected chi connectivity index (χ1v) is 8.24. The lowest BCUT2D eigenvalue weighted by molar-refractivity contribution is 0.0861. The fraction of sp³-hybridized carbons (Fsp3) is 1.00. The Kier molecular flexibility index (Phi) is 6.82. The van der Waals surface area contributed by atoms with Crippen molar-refractivity contribution in [3.8, 4) is 0 Å². The largest absolute Gasteiger partial charge is 0.316 e. The molecule has 0 aromatic heterocycles. The molecule has 0 amide bonds. The Bertz CT molecular complexity index is 230. The van der Waals surface area contributed by atoms with Crippen molar-refractivity contribution in [3.63, 3.8) is 0 Å². The van der Waals surface area contributed by atoms with E-state index < -0.39 is 0 Å². The molecule has 0 saturated carbocycles. The standard InChI is InChI=1S/C17H36N2/c1-14(2)11-19(12-15(3)4)13-17(5,6)16-8-7-9-18-10-16/h14-16,18H,7-13H2,1-6H3. The summed E-state index contributed by atoms with van der Waals surface area (Å²) in [6, 6.07) is 0. The van der Waals surface area contributed by atoms with Gasteiger partial charge in [0.05, 0.1) is 0 Å². The van der Waals surface area contributed by atoms with Crippen molar-refractivity contribution >= 4 is 0 Å². The molecule has 0 bridgehead atoms. The van der Waals surface area contributed by atoms with Crippen LogP contribution in [0.5, 0.6) is 0 Å². The van der Waals surface area contributed by atoms with E-state index in [4.69, 9.17) is 0 Å². The predicted molar refractivity (Wildman–Crippen MR) is 85.5 cm³/mol. The van der Waals surface area contributed by atoms with E-state index >= 15 is 0 Å². The molecule has 1 unspecified atom stereocenters. The zero-order valence-corrected chi connectivity index (χ0v) is 14.1. The minimum Gasteiger partial charge on any atom is -0.316 e. The topological polar surface area (TPSA) is 15.3 Å². The molecule has 1 rings (SSSR count). The summed E-state index contributed by atoms with van der Waals surface area (Å²) < 4.78 is 0. The third-order valence-electron chi connectivity index (χ3n) is 4.28. The van der Waals surface area contributed by atoms with Crippen LogP contribution in [0.1, 0.15) is 54.4 Å². The molecule has 0 aliphatic carbocycles. The van der Waals surface area contributed by atoms with Gasteiger partial charge in [0.2, 0.25) is 0 Å². The molecule has 1 heterocycles. The second-order valence-electron chi connectivity index (χ2n) is 8.01. The summed E-state index contributed by atoms with van der Waals surface area (Å²) in [5.41, 5.74) is 0.428. The maximum Gasteiger partial charge on any atom is 0.00360 e. The number of nitrogens with one attached hydrogen (secondary N) is 1. The molecule has 2 heteroatoms. The van der Waals surface area contributed by atoms with Crippen LogP contribution in [0.15, 0.2) is 0 Å². The lowest BCUT2D eigenvalue weighted by Crippen LogP contribution is -2.46. The first-order valence-electron chi connectivity index (χ1n) is 8.24. The number of nitrogens with zero attached hydrogens (tertiary/aromatic N) is 1. The van der Waals surface area contributed by atoms with Gasteiger partial charge in [-0.15, -0.1) is 0 Å². The molecule has 2 nitrogen and oxygen atoms in total. The molecule has 19 heavy (non-hydrogen) atoms. The molecule has 0 aromatic rings. The molecule has 114 valence electrons. The second-order valence-corrected chi connectivity index (χ2v) is 8.01. The number of hydrogen-bond acceptors (Lipinski definition) is 2. The van der Waals surface area contributed by atoms with Gasteiger partial charge in [-0.3, -0.25) is 0 Å². The Morgan fingerprint density at radius 1 is 1.11 bits per heavy atom. The van der Waals surface area contributed by atoms with E-state index in [1.165, 1.54) is 45.6 Å². The van der Waals surface area contributed by atoms with Crippen LogP contribution in [-0.4, -0.2) is 37.6 Å². The number of rotatable bonds is 7. The molecular formula is C17H36N2. The summed E-state index contributed by atoms with van der Waals surface area (Å²) in [6.07, 6.45) is 2.75. The van der Waals surface area contributed by atoms with Crippen LogP contribution in [0.3, 0.4) is 0 Å². The third-order valence-corrected chi connectivity index (χ3v) is 4.28.